The van der Waals surface area contributed by atoms with Crippen LogP contribution in [0.25, 0.3) is 0 Å². The lowest BCUT2D eigenvalue weighted by Gasteiger charge is -2.15. The van der Waals surface area contributed by atoms with Crippen molar-refractivity contribution in [3.8, 4) is 11.6 Å². The molecule has 0 bridgehead atoms. The van der Waals surface area contributed by atoms with Crippen LogP contribution in [0.3, 0.4) is 0 Å². The molecule has 0 aliphatic carbocycles. The molecule has 0 aliphatic rings. The average Bonchev–Trinajstić information content (AvgIpc) is 2.38. The Hall–Kier alpha value is -2.36. The predicted octanol–water partition coefficient (Wildman–Crippen LogP) is 4.11. The Kier molecular flexibility index (Phi) is 3.98. The van der Waals surface area contributed by atoms with E-state index < -0.39 is 5.97 Å². The Bertz CT molecular complexity index is 720. The molecule has 21 heavy (non-hydrogen) atoms. The van der Waals surface area contributed by atoms with Gasteiger partial charge < -0.3 is 9.84 Å². The van der Waals surface area contributed by atoms with E-state index in [0.717, 1.165) is 22.4 Å². The van der Waals surface area contributed by atoms with Crippen LogP contribution in [-0.2, 0) is 0 Å². The number of carboxylic acid groups (broad SMARTS) is 1. The highest BCUT2D eigenvalue weighted by Crippen LogP contribution is 2.32. The molecular formula is C17H19NO3. The third-order valence-corrected chi connectivity index (χ3v) is 3.60. The van der Waals surface area contributed by atoms with Gasteiger partial charge in [0.15, 0.2) is 0 Å². The Morgan fingerprint density at radius 1 is 1.05 bits per heavy atom. The molecule has 0 atom stereocenters. The first-order chi connectivity index (χ1) is 9.81. The van der Waals surface area contributed by atoms with Crippen LogP contribution in [-0.4, -0.2) is 16.1 Å². The molecule has 0 saturated carbocycles. The van der Waals surface area contributed by atoms with Crippen LogP contribution in [0.1, 0.15) is 38.3 Å². The van der Waals surface area contributed by atoms with E-state index in [0.29, 0.717) is 11.3 Å². The SMILES string of the molecule is Cc1cc(C)c(C(=O)O)c(Oc2c(C)ccc(C)c2C)n1. The first-order valence-electron chi connectivity index (χ1n) is 6.77. The van der Waals surface area contributed by atoms with Crippen LogP contribution in [0, 0.1) is 34.6 Å². The molecule has 1 N–H and O–H groups in total. The van der Waals surface area contributed by atoms with Crippen LogP contribution in [0.5, 0.6) is 11.6 Å². The van der Waals surface area contributed by atoms with Gasteiger partial charge in [-0.05, 0) is 62.9 Å². The van der Waals surface area contributed by atoms with Crippen LogP contribution in [0.2, 0.25) is 0 Å². The topological polar surface area (TPSA) is 59.4 Å². The molecule has 0 spiro atoms. The number of carboxylic acids is 1. The van der Waals surface area contributed by atoms with E-state index in [-0.39, 0.29) is 11.4 Å². The summed E-state index contributed by atoms with van der Waals surface area (Å²) in [7, 11) is 0. The second-order valence-corrected chi connectivity index (χ2v) is 5.32. The molecule has 0 amide bonds. The molecule has 2 rings (SSSR count). The fraction of sp³-hybridized carbons (Fsp3) is 0.294. The quantitative estimate of drug-likeness (QED) is 0.921. The third-order valence-electron chi connectivity index (χ3n) is 3.60. The number of aromatic nitrogens is 1. The van der Waals surface area contributed by atoms with Gasteiger partial charge >= 0.3 is 5.97 Å². The molecule has 0 fully saturated rings. The van der Waals surface area contributed by atoms with Crippen molar-refractivity contribution in [1.82, 2.24) is 4.98 Å². The number of nitrogens with zero attached hydrogens (tertiary/aromatic N) is 1. The lowest BCUT2D eigenvalue weighted by molar-refractivity contribution is 0.0692. The molecule has 110 valence electrons. The minimum atomic E-state index is -1.03. The minimum Gasteiger partial charge on any atom is -0.477 e. The molecule has 0 aliphatic heterocycles. The molecule has 1 aromatic heterocycles. The van der Waals surface area contributed by atoms with Gasteiger partial charge in [0.25, 0.3) is 0 Å². The van der Waals surface area contributed by atoms with Crippen molar-refractivity contribution < 1.29 is 14.6 Å². The number of carbonyl (C=O) groups is 1. The average molecular weight is 285 g/mol. The lowest BCUT2D eigenvalue weighted by Crippen LogP contribution is -2.07. The zero-order valence-corrected chi connectivity index (χ0v) is 12.9. The first-order valence-corrected chi connectivity index (χ1v) is 6.77. The molecule has 4 heteroatoms. The van der Waals surface area contributed by atoms with E-state index in [1.807, 2.05) is 39.8 Å². The zero-order chi connectivity index (χ0) is 15.7. The number of benzene rings is 1. The Labute approximate surface area is 124 Å². The van der Waals surface area contributed by atoms with Crippen LogP contribution < -0.4 is 4.74 Å². The Balaban J connectivity index is 2.60. The summed E-state index contributed by atoms with van der Waals surface area (Å²) in [6.07, 6.45) is 0. The maximum Gasteiger partial charge on any atom is 0.341 e. The van der Waals surface area contributed by atoms with Gasteiger partial charge in [-0.15, -0.1) is 0 Å². The van der Waals surface area contributed by atoms with Gasteiger partial charge in [-0.1, -0.05) is 12.1 Å². The van der Waals surface area contributed by atoms with E-state index in [2.05, 4.69) is 4.98 Å². The number of aryl methyl sites for hydroxylation is 4. The molecule has 0 saturated heterocycles. The third kappa shape index (κ3) is 2.89. The first kappa shape index (κ1) is 15.0. The number of rotatable bonds is 3. The van der Waals surface area contributed by atoms with Crippen LogP contribution in [0.15, 0.2) is 18.2 Å². The summed E-state index contributed by atoms with van der Waals surface area (Å²) >= 11 is 0. The number of hydrogen-bond acceptors (Lipinski definition) is 3. The van der Waals surface area contributed by atoms with Gasteiger partial charge in [-0.25, -0.2) is 9.78 Å². The fourth-order valence-electron chi connectivity index (χ4n) is 2.32. The number of aromatic carboxylic acids is 1. The molecule has 0 unspecified atom stereocenters. The maximum atomic E-state index is 11.5. The summed E-state index contributed by atoms with van der Waals surface area (Å²) in [4.78, 5) is 15.7. The summed E-state index contributed by atoms with van der Waals surface area (Å²) in [5.41, 5.74) is 4.53. The van der Waals surface area contributed by atoms with Crippen molar-refractivity contribution in [2.45, 2.75) is 34.6 Å². The van der Waals surface area contributed by atoms with E-state index in [1.165, 1.54) is 0 Å². The monoisotopic (exact) mass is 285 g/mol. The van der Waals surface area contributed by atoms with Gasteiger partial charge in [-0.3, -0.25) is 0 Å². The van der Waals surface area contributed by atoms with Crippen molar-refractivity contribution in [2.75, 3.05) is 0 Å². The standard InChI is InChI=1S/C17H19NO3/c1-9-6-7-10(2)15(13(9)5)21-16-14(17(19)20)11(3)8-12(4)18-16/h6-8H,1-5H3,(H,19,20). The van der Waals surface area contributed by atoms with Crippen molar-refractivity contribution in [2.24, 2.45) is 0 Å². The summed E-state index contributed by atoms with van der Waals surface area (Å²) in [6, 6.07) is 5.72. The van der Waals surface area contributed by atoms with Crippen molar-refractivity contribution >= 4 is 5.97 Å². The van der Waals surface area contributed by atoms with E-state index in [4.69, 9.17) is 4.74 Å². The highest BCUT2D eigenvalue weighted by molar-refractivity contribution is 5.92. The fourth-order valence-corrected chi connectivity index (χ4v) is 2.32. The second-order valence-electron chi connectivity index (χ2n) is 5.32. The second kappa shape index (κ2) is 5.56. The van der Waals surface area contributed by atoms with Gasteiger partial charge in [-0.2, -0.15) is 0 Å². The predicted molar refractivity (Wildman–Crippen MR) is 81.4 cm³/mol. The number of hydrogen-bond donors (Lipinski definition) is 1. The molecule has 1 heterocycles. The largest absolute Gasteiger partial charge is 0.477 e. The van der Waals surface area contributed by atoms with Crippen LogP contribution in [0.4, 0.5) is 0 Å². The van der Waals surface area contributed by atoms with E-state index in [9.17, 15) is 9.90 Å². The Morgan fingerprint density at radius 2 is 1.67 bits per heavy atom. The highest BCUT2D eigenvalue weighted by atomic mass is 16.5. The molecular weight excluding hydrogens is 266 g/mol. The molecule has 1 aromatic carbocycles. The summed E-state index contributed by atoms with van der Waals surface area (Å²) < 4.78 is 5.88. The summed E-state index contributed by atoms with van der Waals surface area (Å²) in [6.45, 7) is 9.46. The van der Waals surface area contributed by atoms with Crippen LogP contribution >= 0.6 is 0 Å². The number of ether oxygens (including phenoxy) is 1. The van der Waals surface area contributed by atoms with E-state index in [1.54, 1.807) is 13.0 Å². The van der Waals surface area contributed by atoms with Gasteiger partial charge in [0, 0.05) is 5.69 Å². The summed E-state index contributed by atoms with van der Waals surface area (Å²) in [5.74, 6) is -0.204. The summed E-state index contributed by atoms with van der Waals surface area (Å²) in [5, 5.41) is 9.39. The Morgan fingerprint density at radius 3 is 2.29 bits per heavy atom. The van der Waals surface area contributed by atoms with Gasteiger partial charge in [0.2, 0.25) is 5.88 Å². The molecule has 0 radical (unpaired) electrons. The zero-order valence-electron chi connectivity index (χ0n) is 12.9. The van der Waals surface area contributed by atoms with Crippen molar-refractivity contribution in [1.29, 1.82) is 0 Å². The van der Waals surface area contributed by atoms with Gasteiger partial charge in [0.1, 0.15) is 11.3 Å². The normalized spacial score (nSPS) is 10.5. The van der Waals surface area contributed by atoms with Crippen molar-refractivity contribution in [3.63, 3.8) is 0 Å². The maximum absolute atomic E-state index is 11.5. The smallest absolute Gasteiger partial charge is 0.341 e. The minimum absolute atomic E-state index is 0.112. The van der Waals surface area contributed by atoms with E-state index >= 15 is 0 Å². The number of pyridine rings is 1. The lowest BCUT2D eigenvalue weighted by atomic mass is 10.1. The van der Waals surface area contributed by atoms with Crippen molar-refractivity contribution in [3.05, 3.63) is 51.7 Å². The molecule has 2 aromatic rings. The highest BCUT2D eigenvalue weighted by Gasteiger charge is 2.19. The molecule has 4 nitrogen and oxygen atoms in total. The van der Waals surface area contributed by atoms with Gasteiger partial charge in [0.05, 0.1) is 0 Å².